The van der Waals surface area contributed by atoms with E-state index in [1.165, 1.54) is 6.07 Å². The maximum absolute atomic E-state index is 11.8. The standard InChI is InChI=1S/C14H21NO3/c1-9-5-6-10(7-11(9)16)13(18)15-8-12(17)14(2,3)4/h5-7,12,16-17H,8H2,1-4H3,(H,15,18). The van der Waals surface area contributed by atoms with E-state index < -0.39 is 6.10 Å². The Hall–Kier alpha value is -1.55. The zero-order valence-corrected chi connectivity index (χ0v) is 11.3. The molecule has 1 atom stereocenters. The molecule has 3 N–H and O–H groups in total. The van der Waals surface area contributed by atoms with Gasteiger partial charge in [0.15, 0.2) is 0 Å². The van der Waals surface area contributed by atoms with E-state index in [9.17, 15) is 15.0 Å². The van der Waals surface area contributed by atoms with Crippen LogP contribution in [0.15, 0.2) is 18.2 Å². The second-order valence-corrected chi connectivity index (χ2v) is 5.59. The van der Waals surface area contributed by atoms with Gasteiger partial charge in [-0.25, -0.2) is 0 Å². The molecule has 0 spiro atoms. The number of aryl methyl sites for hydroxylation is 1. The average Bonchev–Trinajstić information content (AvgIpc) is 2.27. The molecule has 0 heterocycles. The van der Waals surface area contributed by atoms with E-state index in [2.05, 4.69) is 5.32 Å². The van der Waals surface area contributed by atoms with Crippen LogP contribution in [0.25, 0.3) is 0 Å². The largest absolute Gasteiger partial charge is 0.508 e. The fraction of sp³-hybridized carbons (Fsp3) is 0.500. The Kier molecular flexibility index (Phi) is 4.35. The van der Waals surface area contributed by atoms with E-state index in [0.717, 1.165) is 5.56 Å². The molecule has 0 aliphatic rings. The van der Waals surface area contributed by atoms with Crippen LogP contribution in [0, 0.1) is 12.3 Å². The van der Waals surface area contributed by atoms with Gasteiger partial charge in [0, 0.05) is 12.1 Å². The van der Waals surface area contributed by atoms with Gasteiger partial charge in [0.1, 0.15) is 5.75 Å². The SMILES string of the molecule is Cc1ccc(C(=O)NCC(O)C(C)(C)C)cc1O. The maximum Gasteiger partial charge on any atom is 0.251 e. The second-order valence-electron chi connectivity index (χ2n) is 5.59. The lowest BCUT2D eigenvalue weighted by Gasteiger charge is -2.25. The molecule has 100 valence electrons. The molecular weight excluding hydrogens is 230 g/mol. The first-order valence-corrected chi connectivity index (χ1v) is 5.97. The first-order chi connectivity index (χ1) is 8.21. The Labute approximate surface area is 108 Å². The van der Waals surface area contributed by atoms with Crippen LogP contribution in [0.5, 0.6) is 5.75 Å². The zero-order valence-electron chi connectivity index (χ0n) is 11.3. The predicted octanol–water partition coefficient (Wildman–Crippen LogP) is 1.84. The molecule has 0 aromatic heterocycles. The number of aliphatic hydroxyl groups is 1. The van der Waals surface area contributed by atoms with E-state index in [-0.39, 0.29) is 23.6 Å². The number of phenols is 1. The monoisotopic (exact) mass is 251 g/mol. The second kappa shape index (κ2) is 5.40. The van der Waals surface area contributed by atoms with Crippen LogP contribution in [0.3, 0.4) is 0 Å². The molecule has 18 heavy (non-hydrogen) atoms. The van der Waals surface area contributed by atoms with Gasteiger partial charge in [0.2, 0.25) is 0 Å². The lowest BCUT2D eigenvalue weighted by atomic mass is 9.89. The van der Waals surface area contributed by atoms with Crippen molar-refractivity contribution in [1.29, 1.82) is 0 Å². The van der Waals surface area contributed by atoms with E-state index in [4.69, 9.17) is 0 Å². The summed E-state index contributed by atoms with van der Waals surface area (Å²) in [5, 5.41) is 22.0. The van der Waals surface area contributed by atoms with E-state index in [1.54, 1.807) is 19.1 Å². The van der Waals surface area contributed by atoms with Crippen LogP contribution in [0.4, 0.5) is 0 Å². The van der Waals surface area contributed by atoms with Gasteiger partial charge in [-0.3, -0.25) is 4.79 Å². The Bertz CT molecular complexity index is 435. The molecule has 0 saturated heterocycles. The van der Waals surface area contributed by atoms with Gasteiger partial charge in [-0.2, -0.15) is 0 Å². The van der Waals surface area contributed by atoms with Crippen LogP contribution in [-0.2, 0) is 0 Å². The highest BCUT2D eigenvalue weighted by Crippen LogP contribution is 2.19. The summed E-state index contributed by atoms with van der Waals surface area (Å²) < 4.78 is 0. The lowest BCUT2D eigenvalue weighted by molar-refractivity contribution is 0.0587. The molecule has 1 rings (SSSR count). The van der Waals surface area contributed by atoms with Gasteiger partial charge in [-0.15, -0.1) is 0 Å². The van der Waals surface area contributed by atoms with Crippen LogP contribution in [0.2, 0.25) is 0 Å². The van der Waals surface area contributed by atoms with Gasteiger partial charge in [0.05, 0.1) is 6.10 Å². The third-order valence-electron chi connectivity index (χ3n) is 2.93. The van der Waals surface area contributed by atoms with E-state index >= 15 is 0 Å². The molecule has 0 bridgehead atoms. The average molecular weight is 251 g/mol. The Morgan fingerprint density at radius 1 is 1.39 bits per heavy atom. The molecule has 1 amide bonds. The smallest absolute Gasteiger partial charge is 0.251 e. The molecule has 4 nitrogen and oxygen atoms in total. The van der Waals surface area contributed by atoms with Gasteiger partial charge in [-0.05, 0) is 30.0 Å². The summed E-state index contributed by atoms with van der Waals surface area (Å²) in [5.41, 5.74) is 0.836. The fourth-order valence-corrected chi connectivity index (χ4v) is 1.35. The maximum atomic E-state index is 11.8. The van der Waals surface area contributed by atoms with E-state index in [1.807, 2.05) is 20.8 Å². The van der Waals surface area contributed by atoms with Crippen molar-refractivity contribution in [2.24, 2.45) is 5.41 Å². The predicted molar refractivity (Wildman–Crippen MR) is 70.6 cm³/mol. The number of carbonyl (C=O) groups excluding carboxylic acids is 1. The fourth-order valence-electron chi connectivity index (χ4n) is 1.35. The van der Waals surface area contributed by atoms with Gasteiger partial charge in [-0.1, -0.05) is 26.8 Å². The van der Waals surface area contributed by atoms with Crippen LogP contribution in [-0.4, -0.2) is 28.8 Å². The number of benzene rings is 1. The summed E-state index contributed by atoms with van der Waals surface area (Å²) in [5.74, 6) is -0.201. The van der Waals surface area contributed by atoms with Crippen LogP contribution >= 0.6 is 0 Å². The quantitative estimate of drug-likeness (QED) is 0.767. The van der Waals surface area contributed by atoms with Crippen molar-refractivity contribution >= 4 is 5.91 Å². The Morgan fingerprint density at radius 3 is 2.50 bits per heavy atom. The minimum absolute atomic E-state index is 0.0963. The highest BCUT2D eigenvalue weighted by Gasteiger charge is 2.22. The van der Waals surface area contributed by atoms with Gasteiger partial charge < -0.3 is 15.5 Å². The summed E-state index contributed by atoms with van der Waals surface area (Å²) in [4.78, 5) is 11.8. The highest BCUT2D eigenvalue weighted by atomic mass is 16.3. The minimum Gasteiger partial charge on any atom is -0.508 e. The Balaban J connectivity index is 2.63. The minimum atomic E-state index is -0.611. The summed E-state index contributed by atoms with van der Waals surface area (Å²) in [6.07, 6.45) is -0.611. The summed E-state index contributed by atoms with van der Waals surface area (Å²) >= 11 is 0. The number of aromatic hydroxyl groups is 1. The Morgan fingerprint density at radius 2 is 2.00 bits per heavy atom. The summed E-state index contributed by atoms with van der Waals surface area (Å²) in [6.45, 7) is 7.67. The molecule has 0 radical (unpaired) electrons. The topological polar surface area (TPSA) is 69.6 Å². The van der Waals surface area contributed by atoms with Crippen molar-refractivity contribution in [3.8, 4) is 5.75 Å². The number of nitrogens with one attached hydrogen (secondary N) is 1. The van der Waals surface area contributed by atoms with Crippen molar-refractivity contribution in [3.05, 3.63) is 29.3 Å². The molecule has 1 aromatic rings. The summed E-state index contributed by atoms with van der Waals surface area (Å²) in [6, 6.07) is 4.76. The number of carbonyl (C=O) groups is 1. The van der Waals surface area contributed by atoms with Crippen molar-refractivity contribution < 1.29 is 15.0 Å². The molecule has 0 fully saturated rings. The molecule has 0 aliphatic heterocycles. The number of amides is 1. The number of hydrogen-bond donors (Lipinski definition) is 3. The molecule has 0 aliphatic carbocycles. The molecular formula is C14H21NO3. The third kappa shape index (κ3) is 3.74. The zero-order chi connectivity index (χ0) is 13.9. The normalized spacial score (nSPS) is 13.2. The van der Waals surface area contributed by atoms with Gasteiger partial charge in [0.25, 0.3) is 5.91 Å². The van der Waals surface area contributed by atoms with Crippen molar-refractivity contribution in [1.82, 2.24) is 5.32 Å². The third-order valence-corrected chi connectivity index (χ3v) is 2.93. The number of hydrogen-bond acceptors (Lipinski definition) is 3. The van der Waals surface area contributed by atoms with Crippen LogP contribution in [0.1, 0.15) is 36.7 Å². The molecule has 4 heteroatoms. The number of aliphatic hydroxyl groups excluding tert-OH is 1. The molecule has 0 saturated carbocycles. The van der Waals surface area contributed by atoms with Gasteiger partial charge >= 0.3 is 0 Å². The molecule has 1 unspecified atom stereocenters. The summed E-state index contributed by atoms with van der Waals surface area (Å²) in [7, 11) is 0. The van der Waals surface area contributed by atoms with E-state index in [0.29, 0.717) is 5.56 Å². The van der Waals surface area contributed by atoms with Crippen LogP contribution < -0.4 is 5.32 Å². The molecule has 1 aromatic carbocycles. The van der Waals surface area contributed by atoms with Crippen molar-refractivity contribution in [2.75, 3.05) is 6.54 Å². The lowest BCUT2D eigenvalue weighted by Crippen LogP contribution is -2.39. The van der Waals surface area contributed by atoms with Crippen molar-refractivity contribution in [2.45, 2.75) is 33.8 Å². The van der Waals surface area contributed by atoms with Crippen molar-refractivity contribution in [3.63, 3.8) is 0 Å². The number of phenolic OH excluding ortho intramolecular Hbond substituents is 1. The number of rotatable bonds is 3. The first kappa shape index (κ1) is 14.5. The first-order valence-electron chi connectivity index (χ1n) is 5.97. The highest BCUT2D eigenvalue weighted by molar-refractivity contribution is 5.94.